The fraction of sp³-hybridized carbons (Fsp3) is 0.833. The quantitative estimate of drug-likeness (QED) is 0.652. The molecule has 0 saturated carbocycles. The first-order chi connectivity index (χ1) is 8.52. The molecular weight excluding hydrogens is 238 g/mol. The smallest absolute Gasteiger partial charge is 0.331 e. The molecule has 18 heavy (non-hydrogen) atoms. The van der Waals surface area contributed by atoms with E-state index in [-0.39, 0.29) is 13.0 Å². The monoisotopic (exact) mass is 259 g/mol. The summed E-state index contributed by atoms with van der Waals surface area (Å²) in [4.78, 5) is 23.1. The summed E-state index contributed by atoms with van der Waals surface area (Å²) in [5.41, 5.74) is -1.29. The highest BCUT2D eigenvalue weighted by Crippen LogP contribution is 2.19. The van der Waals surface area contributed by atoms with Gasteiger partial charge in [-0.25, -0.2) is 4.79 Å². The number of nitrogens with one attached hydrogen (secondary N) is 1. The van der Waals surface area contributed by atoms with E-state index in [1.54, 1.807) is 6.92 Å². The molecule has 0 bridgehead atoms. The largest absolute Gasteiger partial charge is 0.479 e. The molecule has 0 aromatic heterocycles. The number of amides is 1. The molecule has 1 heterocycles. The van der Waals surface area contributed by atoms with Crippen molar-refractivity contribution >= 4 is 11.9 Å². The van der Waals surface area contributed by atoms with Crippen LogP contribution >= 0.6 is 0 Å². The molecule has 2 N–H and O–H groups in total. The SMILES string of the molecule is CCCCOC(C)C(=O)NC1(C(=O)O)CCOC1. The molecule has 1 aliphatic heterocycles. The van der Waals surface area contributed by atoms with Gasteiger partial charge in [-0.1, -0.05) is 13.3 Å². The van der Waals surface area contributed by atoms with Gasteiger partial charge < -0.3 is 19.9 Å². The number of carbonyl (C=O) groups excluding carboxylic acids is 1. The van der Waals surface area contributed by atoms with E-state index in [1.807, 2.05) is 6.92 Å². The van der Waals surface area contributed by atoms with Gasteiger partial charge in [0.25, 0.3) is 0 Å². The third kappa shape index (κ3) is 3.68. The Morgan fingerprint density at radius 2 is 2.28 bits per heavy atom. The summed E-state index contributed by atoms with van der Waals surface area (Å²) < 4.78 is 10.4. The van der Waals surface area contributed by atoms with Gasteiger partial charge in [0, 0.05) is 19.6 Å². The van der Waals surface area contributed by atoms with Gasteiger partial charge in [0.05, 0.1) is 6.61 Å². The number of carbonyl (C=O) groups is 2. The van der Waals surface area contributed by atoms with Crippen LogP contribution in [0.3, 0.4) is 0 Å². The van der Waals surface area contributed by atoms with Crippen LogP contribution in [0, 0.1) is 0 Å². The highest BCUT2D eigenvalue weighted by molar-refractivity contribution is 5.89. The molecule has 1 aliphatic rings. The lowest BCUT2D eigenvalue weighted by molar-refractivity contribution is -0.149. The average molecular weight is 259 g/mol. The molecule has 104 valence electrons. The first-order valence-electron chi connectivity index (χ1n) is 6.26. The molecule has 6 heteroatoms. The maximum Gasteiger partial charge on any atom is 0.331 e. The number of carboxylic acid groups (broad SMARTS) is 1. The predicted molar refractivity (Wildman–Crippen MR) is 64.3 cm³/mol. The van der Waals surface area contributed by atoms with Crippen LogP contribution in [0.4, 0.5) is 0 Å². The summed E-state index contributed by atoms with van der Waals surface area (Å²) in [5, 5.41) is 11.7. The van der Waals surface area contributed by atoms with Crippen LogP contribution < -0.4 is 5.32 Å². The van der Waals surface area contributed by atoms with Crippen molar-refractivity contribution in [2.45, 2.75) is 44.8 Å². The van der Waals surface area contributed by atoms with Crippen LogP contribution in [-0.2, 0) is 19.1 Å². The van der Waals surface area contributed by atoms with Gasteiger partial charge in [-0.2, -0.15) is 0 Å². The van der Waals surface area contributed by atoms with E-state index in [0.717, 1.165) is 12.8 Å². The number of hydrogen-bond acceptors (Lipinski definition) is 4. The molecule has 6 nitrogen and oxygen atoms in total. The normalized spacial score (nSPS) is 24.8. The summed E-state index contributed by atoms with van der Waals surface area (Å²) in [5.74, 6) is -1.46. The maximum absolute atomic E-state index is 11.8. The van der Waals surface area contributed by atoms with Crippen molar-refractivity contribution in [1.29, 1.82) is 0 Å². The molecule has 2 unspecified atom stereocenters. The lowest BCUT2D eigenvalue weighted by Gasteiger charge is -2.25. The van der Waals surface area contributed by atoms with Crippen LogP contribution in [0.1, 0.15) is 33.1 Å². The number of carboxylic acids is 1. The second-order valence-electron chi connectivity index (χ2n) is 4.55. The van der Waals surface area contributed by atoms with Crippen molar-refractivity contribution in [3.05, 3.63) is 0 Å². The first-order valence-corrected chi connectivity index (χ1v) is 6.26. The Morgan fingerprint density at radius 3 is 2.78 bits per heavy atom. The third-order valence-electron chi connectivity index (χ3n) is 3.03. The Morgan fingerprint density at radius 1 is 1.56 bits per heavy atom. The van der Waals surface area contributed by atoms with E-state index in [2.05, 4.69) is 5.32 Å². The summed E-state index contributed by atoms with van der Waals surface area (Å²) in [6, 6.07) is 0. The second kappa shape index (κ2) is 6.70. The van der Waals surface area contributed by atoms with Crippen LogP contribution in [0.25, 0.3) is 0 Å². The van der Waals surface area contributed by atoms with Gasteiger partial charge in [0.2, 0.25) is 5.91 Å². The van der Waals surface area contributed by atoms with Crippen molar-refractivity contribution in [1.82, 2.24) is 5.32 Å². The van der Waals surface area contributed by atoms with Gasteiger partial charge in [0.1, 0.15) is 6.10 Å². The minimum absolute atomic E-state index is 0.00968. The van der Waals surface area contributed by atoms with Crippen molar-refractivity contribution in [2.24, 2.45) is 0 Å². The molecule has 0 aliphatic carbocycles. The first kappa shape index (κ1) is 14.9. The number of aliphatic carboxylic acids is 1. The van der Waals surface area contributed by atoms with Gasteiger partial charge in [0.15, 0.2) is 5.54 Å². The molecule has 1 saturated heterocycles. The molecule has 1 rings (SSSR count). The fourth-order valence-corrected chi connectivity index (χ4v) is 1.70. The predicted octanol–water partition coefficient (Wildman–Crippen LogP) is 0.551. The number of unbranched alkanes of at least 4 members (excludes halogenated alkanes) is 1. The van der Waals surface area contributed by atoms with E-state index >= 15 is 0 Å². The topological polar surface area (TPSA) is 84.9 Å². The van der Waals surface area contributed by atoms with Gasteiger partial charge in [-0.3, -0.25) is 4.79 Å². The average Bonchev–Trinajstić information content (AvgIpc) is 2.79. The number of hydrogen-bond donors (Lipinski definition) is 2. The molecule has 0 spiro atoms. The Kier molecular flexibility index (Phi) is 5.55. The lowest BCUT2D eigenvalue weighted by atomic mass is 9.98. The van der Waals surface area contributed by atoms with Crippen molar-refractivity contribution < 1.29 is 24.2 Å². The highest BCUT2D eigenvalue weighted by Gasteiger charge is 2.44. The van der Waals surface area contributed by atoms with Crippen LogP contribution in [0.5, 0.6) is 0 Å². The van der Waals surface area contributed by atoms with Crippen LogP contribution in [0.15, 0.2) is 0 Å². The zero-order valence-electron chi connectivity index (χ0n) is 10.9. The van der Waals surface area contributed by atoms with Crippen LogP contribution in [0.2, 0.25) is 0 Å². The van der Waals surface area contributed by atoms with E-state index in [0.29, 0.717) is 13.2 Å². The molecule has 1 amide bonds. The summed E-state index contributed by atoms with van der Waals surface area (Å²) in [7, 11) is 0. The minimum Gasteiger partial charge on any atom is -0.479 e. The zero-order valence-corrected chi connectivity index (χ0v) is 10.9. The van der Waals surface area contributed by atoms with Crippen LogP contribution in [-0.4, -0.2) is 48.4 Å². The maximum atomic E-state index is 11.8. The van der Waals surface area contributed by atoms with E-state index in [4.69, 9.17) is 9.47 Å². The summed E-state index contributed by atoms with van der Waals surface area (Å²) >= 11 is 0. The molecule has 0 radical (unpaired) electrons. The standard InChI is InChI=1S/C12H21NO5/c1-3-4-6-18-9(2)10(14)13-12(11(15)16)5-7-17-8-12/h9H,3-8H2,1-2H3,(H,13,14)(H,15,16). The van der Waals surface area contributed by atoms with E-state index < -0.39 is 23.5 Å². The fourth-order valence-electron chi connectivity index (χ4n) is 1.70. The Balaban J connectivity index is 2.49. The van der Waals surface area contributed by atoms with Crippen molar-refractivity contribution in [3.63, 3.8) is 0 Å². The zero-order chi connectivity index (χ0) is 13.6. The van der Waals surface area contributed by atoms with Crippen molar-refractivity contribution in [3.8, 4) is 0 Å². The molecular formula is C12H21NO5. The van der Waals surface area contributed by atoms with Gasteiger partial charge in [-0.05, 0) is 13.3 Å². The number of rotatable bonds is 7. The second-order valence-corrected chi connectivity index (χ2v) is 4.55. The summed E-state index contributed by atoms with van der Waals surface area (Å²) in [6.07, 6.45) is 1.51. The third-order valence-corrected chi connectivity index (χ3v) is 3.03. The molecule has 0 aromatic rings. The Bertz CT molecular complexity index is 299. The van der Waals surface area contributed by atoms with Gasteiger partial charge >= 0.3 is 5.97 Å². The Labute approximate surface area is 107 Å². The summed E-state index contributed by atoms with van der Waals surface area (Å²) in [6.45, 7) is 4.51. The van der Waals surface area contributed by atoms with E-state index in [1.165, 1.54) is 0 Å². The van der Waals surface area contributed by atoms with Crippen molar-refractivity contribution in [2.75, 3.05) is 19.8 Å². The Hall–Kier alpha value is -1.14. The van der Waals surface area contributed by atoms with Gasteiger partial charge in [-0.15, -0.1) is 0 Å². The number of ether oxygens (including phenoxy) is 2. The minimum atomic E-state index is -1.29. The molecule has 1 fully saturated rings. The highest BCUT2D eigenvalue weighted by atomic mass is 16.5. The van der Waals surface area contributed by atoms with E-state index in [9.17, 15) is 14.7 Å². The molecule has 0 aromatic carbocycles. The lowest BCUT2D eigenvalue weighted by Crippen LogP contribution is -2.57. The molecule has 2 atom stereocenters.